The lowest BCUT2D eigenvalue weighted by Crippen LogP contribution is -2.20. The van der Waals surface area contributed by atoms with Crippen LogP contribution in [0.25, 0.3) is 0 Å². The summed E-state index contributed by atoms with van der Waals surface area (Å²) >= 11 is 3.63. The summed E-state index contributed by atoms with van der Waals surface area (Å²) in [6.07, 6.45) is 1.16. The summed E-state index contributed by atoms with van der Waals surface area (Å²) < 4.78 is 0. The smallest absolute Gasteiger partial charge is 0.0125 e. The minimum absolute atomic E-state index is 0.259. The molecular formula is C13H19Br. The number of benzene rings is 1. The highest BCUT2D eigenvalue weighted by molar-refractivity contribution is 9.09. The molecule has 78 valence electrons. The lowest BCUT2D eigenvalue weighted by molar-refractivity contribution is 0.482. The number of rotatable bonds is 3. The molecule has 0 bridgehead atoms. The molecule has 1 unspecified atom stereocenters. The van der Waals surface area contributed by atoms with Gasteiger partial charge >= 0.3 is 0 Å². The molecule has 0 saturated heterocycles. The Bertz CT molecular complexity index is 300. The molecule has 0 aromatic heterocycles. The molecule has 0 heterocycles. The van der Waals surface area contributed by atoms with E-state index < -0.39 is 0 Å². The van der Waals surface area contributed by atoms with E-state index in [4.69, 9.17) is 0 Å². The first kappa shape index (κ1) is 11.8. The molecule has 1 aromatic carbocycles. The maximum Gasteiger partial charge on any atom is 0.0125 e. The van der Waals surface area contributed by atoms with Gasteiger partial charge in [0.25, 0.3) is 0 Å². The Hall–Kier alpha value is -0.300. The highest BCUT2D eigenvalue weighted by Crippen LogP contribution is 2.30. The number of halogens is 1. The van der Waals surface area contributed by atoms with Crippen LogP contribution in [0.15, 0.2) is 24.3 Å². The largest absolute Gasteiger partial charge is 0.0893 e. The molecule has 0 radical (unpaired) electrons. The van der Waals surface area contributed by atoms with Crippen LogP contribution >= 0.6 is 15.9 Å². The molecule has 1 rings (SSSR count). The van der Waals surface area contributed by atoms with E-state index in [1.807, 2.05) is 0 Å². The molecule has 0 N–H and O–H groups in total. The maximum atomic E-state index is 3.63. The van der Waals surface area contributed by atoms with Crippen molar-refractivity contribution in [3.8, 4) is 0 Å². The van der Waals surface area contributed by atoms with Crippen molar-refractivity contribution >= 4 is 15.9 Å². The Morgan fingerprint density at radius 2 is 2.00 bits per heavy atom. The Balaban J connectivity index is 2.91. The fourth-order valence-corrected chi connectivity index (χ4v) is 2.70. The lowest BCUT2D eigenvalue weighted by atomic mass is 9.80. The number of hydrogen-bond acceptors (Lipinski definition) is 0. The first-order chi connectivity index (χ1) is 6.42. The van der Waals surface area contributed by atoms with Crippen molar-refractivity contribution in [2.24, 2.45) is 0 Å². The Morgan fingerprint density at radius 1 is 1.36 bits per heavy atom. The van der Waals surface area contributed by atoms with Crippen molar-refractivity contribution < 1.29 is 0 Å². The second kappa shape index (κ2) is 4.48. The number of hydrogen-bond donors (Lipinski definition) is 0. The second-order valence-corrected chi connectivity index (χ2v) is 6.30. The van der Waals surface area contributed by atoms with Gasteiger partial charge in [-0.15, -0.1) is 0 Å². The zero-order valence-electron chi connectivity index (χ0n) is 9.47. The van der Waals surface area contributed by atoms with Crippen molar-refractivity contribution in [3.63, 3.8) is 0 Å². The van der Waals surface area contributed by atoms with Gasteiger partial charge in [0, 0.05) is 4.83 Å². The van der Waals surface area contributed by atoms with E-state index >= 15 is 0 Å². The second-order valence-electron chi connectivity index (χ2n) is 4.74. The van der Waals surface area contributed by atoms with Gasteiger partial charge in [0.05, 0.1) is 0 Å². The van der Waals surface area contributed by atoms with Crippen molar-refractivity contribution in [1.29, 1.82) is 0 Å². The summed E-state index contributed by atoms with van der Waals surface area (Å²) in [5.41, 5.74) is 3.04. The zero-order chi connectivity index (χ0) is 10.8. The quantitative estimate of drug-likeness (QED) is 0.700. The van der Waals surface area contributed by atoms with Gasteiger partial charge in [0.1, 0.15) is 0 Å². The molecule has 14 heavy (non-hydrogen) atoms. The maximum absolute atomic E-state index is 3.63. The van der Waals surface area contributed by atoms with Gasteiger partial charge in [-0.05, 0) is 24.3 Å². The Morgan fingerprint density at radius 3 is 2.50 bits per heavy atom. The molecule has 0 nitrogen and oxygen atoms in total. The molecule has 0 fully saturated rings. The molecule has 1 atom stereocenters. The molecule has 1 aromatic rings. The summed E-state index contributed by atoms with van der Waals surface area (Å²) in [5.74, 6) is 0. The Labute approximate surface area is 95.9 Å². The topological polar surface area (TPSA) is 0 Å². The normalized spacial score (nSPS) is 14.1. The van der Waals surface area contributed by atoms with E-state index in [-0.39, 0.29) is 5.41 Å². The Kier molecular flexibility index (Phi) is 3.77. The van der Waals surface area contributed by atoms with Gasteiger partial charge in [0.15, 0.2) is 0 Å². The van der Waals surface area contributed by atoms with Crippen LogP contribution in [0.1, 0.15) is 38.3 Å². The molecule has 0 aliphatic carbocycles. The molecule has 0 aliphatic heterocycles. The molecule has 1 heteroatoms. The fraction of sp³-hybridized carbons (Fsp3) is 0.538. The third-order valence-corrected chi connectivity index (χ3v) is 2.91. The average Bonchev–Trinajstić information content (AvgIpc) is 2.01. The van der Waals surface area contributed by atoms with Crippen molar-refractivity contribution in [2.75, 3.05) is 0 Å². The lowest BCUT2D eigenvalue weighted by Gasteiger charge is -2.27. The van der Waals surface area contributed by atoms with E-state index in [1.165, 1.54) is 11.1 Å². The highest BCUT2D eigenvalue weighted by Gasteiger charge is 2.22. The summed E-state index contributed by atoms with van der Waals surface area (Å²) in [6.45, 7) is 8.97. The van der Waals surface area contributed by atoms with Crippen LogP contribution in [0, 0.1) is 6.92 Å². The van der Waals surface area contributed by atoms with Crippen LogP contribution in [-0.2, 0) is 5.41 Å². The SMILES string of the molecule is Cc1cccc(C(C)(C)CC(C)Br)c1. The minimum Gasteiger partial charge on any atom is -0.0893 e. The fourth-order valence-electron chi connectivity index (χ4n) is 1.89. The zero-order valence-corrected chi connectivity index (χ0v) is 11.1. The standard InChI is InChI=1S/C13H19Br/c1-10-6-5-7-12(8-10)13(3,4)9-11(2)14/h5-8,11H,9H2,1-4H3. The van der Waals surface area contributed by atoms with Crippen LogP contribution < -0.4 is 0 Å². The van der Waals surface area contributed by atoms with Crippen molar-refractivity contribution in [3.05, 3.63) is 35.4 Å². The number of alkyl halides is 1. The van der Waals surface area contributed by atoms with Crippen LogP contribution in [0.5, 0.6) is 0 Å². The number of aryl methyl sites for hydroxylation is 1. The van der Waals surface area contributed by atoms with Gasteiger partial charge in [-0.25, -0.2) is 0 Å². The summed E-state index contributed by atoms with van der Waals surface area (Å²) in [7, 11) is 0. The monoisotopic (exact) mass is 254 g/mol. The molecule has 0 spiro atoms. The van der Waals surface area contributed by atoms with Crippen LogP contribution in [0.4, 0.5) is 0 Å². The van der Waals surface area contributed by atoms with Crippen molar-refractivity contribution in [2.45, 2.75) is 44.4 Å². The summed E-state index contributed by atoms with van der Waals surface area (Å²) in [5, 5.41) is 0. The van der Waals surface area contributed by atoms with Crippen LogP contribution in [0.3, 0.4) is 0 Å². The first-order valence-corrected chi connectivity index (χ1v) is 6.04. The van der Waals surface area contributed by atoms with E-state index in [9.17, 15) is 0 Å². The van der Waals surface area contributed by atoms with E-state index in [1.54, 1.807) is 0 Å². The molecular weight excluding hydrogens is 236 g/mol. The summed E-state index contributed by atoms with van der Waals surface area (Å²) in [4.78, 5) is 0.568. The average molecular weight is 255 g/mol. The third kappa shape index (κ3) is 3.13. The van der Waals surface area contributed by atoms with E-state index in [2.05, 4.69) is 67.9 Å². The van der Waals surface area contributed by atoms with Crippen LogP contribution in [0.2, 0.25) is 0 Å². The highest BCUT2D eigenvalue weighted by atomic mass is 79.9. The summed E-state index contributed by atoms with van der Waals surface area (Å²) in [6, 6.07) is 8.81. The van der Waals surface area contributed by atoms with Gasteiger partial charge in [-0.2, -0.15) is 0 Å². The van der Waals surface area contributed by atoms with Gasteiger partial charge in [-0.1, -0.05) is 66.5 Å². The van der Waals surface area contributed by atoms with E-state index in [0.29, 0.717) is 4.83 Å². The predicted octanol–water partition coefficient (Wildman–Crippen LogP) is 4.45. The molecule has 0 saturated carbocycles. The van der Waals surface area contributed by atoms with Crippen molar-refractivity contribution in [1.82, 2.24) is 0 Å². The van der Waals surface area contributed by atoms with E-state index in [0.717, 1.165) is 6.42 Å². The van der Waals surface area contributed by atoms with Gasteiger partial charge in [-0.3, -0.25) is 0 Å². The molecule has 0 aliphatic rings. The molecule has 0 amide bonds. The predicted molar refractivity (Wildman–Crippen MR) is 67.2 cm³/mol. The first-order valence-electron chi connectivity index (χ1n) is 5.13. The van der Waals surface area contributed by atoms with Gasteiger partial charge in [0.2, 0.25) is 0 Å². The third-order valence-electron chi connectivity index (χ3n) is 2.59. The van der Waals surface area contributed by atoms with Gasteiger partial charge < -0.3 is 0 Å². The minimum atomic E-state index is 0.259. The van der Waals surface area contributed by atoms with Crippen LogP contribution in [-0.4, -0.2) is 4.83 Å².